The van der Waals surface area contributed by atoms with Crippen molar-refractivity contribution in [3.63, 3.8) is 0 Å². The Morgan fingerprint density at radius 2 is 1.76 bits per heavy atom. The van der Waals surface area contributed by atoms with Crippen molar-refractivity contribution in [2.45, 2.75) is 89.9 Å². The smallest absolute Gasteiger partial charge is 0.185 e. The number of hydrogen-bond donors (Lipinski definition) is 1. The molecular formula is C28H42O4S. The van der Waals surface area contributed by atoms with Gasteiger partial charge in [-0.25, -0.2) is 8.42 Å². The summed E-state index contributed by atoms with van der Waals surface area (Å²) in [6, 6.07) is 7.22. The van der Waals surface area contributed by atoms with Gasteiger partial charge in [-0.05, 0) is 82.9 Å². The molecule has 0 spiro atoms. The lowest BCUT2D eigenvalue weighted by atomic mass is 9.70. The van der Waals surface area contributed by atoms with Crippen LogP contribution in [0.3, 0.4) is 0 Å². The fraction of sp³-hybridized carbons (Fsp3) is 0.571. The van der Waals surface area contributed by atoms with Crippen LogP contribution in [0.2, 0.25) is 0 Å². The van der Waals surface area contributed by atoms with Gasteiger partial charge in [0, 0.05) is 7.11 Å². The maximum atomic E-state index is 14.0. The van der Waals surface area contributed by atoms with E-state index in [4.69, 9.17) is 9.84 Å². The third-order valence-electron chi connectivity index (χ3n) is 6.83. The molecule has 1 aliphatic carbocycles. The van der Waals surface area contributed by atoms with Gasteiger partial charge in [0.2, 0.25) is 0 Å². The number of methoxy groups -OCH3 is 1. The molecular weight excluding hydrogens is 432 g/mol. The third kappa shape index (κ3) is 7.14. The van der Waals surface area contributed by atoms with Gasteiger partial charge in [0.1, 0.15) is 0 Å². The molecule has 184 valence electrons. The zero-order chi connectivity index (χ0) is 24.8. The SMILES string of the molecule is COC(/C=C(\C)CC(C1=C(C)CCCC1(C)C)S(=O)(=O)c1ccc(C)cc1)C/C(C)=C/CO. The van der Waals surface area contributed by atoms with Crippen LogP contribution in [0.15, 0.2) is 63.6 Å². The minimum atomic E-state index is -3.57. The summed E-state index contributed by atoms with van der Waals surface area (Å²) in [6.07, 6.45) is 7.80. The standard InChI is InChI=1S/C28H42O4S/c1-20-10-12-25(13-11-20)33(30,31)26(27-23(4)9-8-15-28(27,5)6)19-22(3)18-24(32-7)17-21(2)14-16-29/h10-14,18,24,26,29H,8-9,15-17,19H2,1-7H3/b21-14+,22-18+. The second-order valence-corrected chi connectivity index (χ2v) is 12.3. The Morgan fingerprint density at radius 1 is 1.12 bits per heavy atom. The monoisotopic (exact) mass is 474 g/mol. The molecule has 1 aliphatic rings. The first-order chi connectivity index (χ1) is 15.4. The van der Waals surface area contributed by atoms with Crippen LogP contribution in [0.4, 0.5) is 0 Å². The van der Waals surface area contributed by atoms with Crippen molar-refractivity contribution in [1.29, 1.82) is 0 Å². The molecule has 0 aromatic heterocycles. The second-order valence-electron chi connectivity index (χ2n) is 10.2. The molecule has 1 aromatic carbocycles. The molecule has 2 unspecified atom stereocenters. The van der Waals surface area contributed by atoms with Gasteiger partial charge in [0.25, 0.3) is 0 Å². The molecule has 0 saturated carbocycles. The summed E-state index contributed by atoms with van der Waals surface area (Å²) in [5, 5.41) is 8.55. The molecule has 0 aliphatic heterocycles. The molecule has 33 heavy (non-hydrogen) atoms. The van der Waals surface area contributed by atoms with Crippen molar-refractivity contribution in [1.82, 2.24) is 0 Å². The number of sulfone groups is 1. The van der Waals surface area contributed by atoms with E-state index in [2.05, 4.69) is 20.8 Å². The zero-order valence-electron chi connectivity index (χ0n) is 21.4. The predicted molar refractivity (Wildman–Crippen MR) is 137 cm³/mol. The minimum absolute atomic E-state index is 0.00431. The van der Waals surface area contributed by atoms with Gasteiger partial charge in [-0.2, -0.15) is 0 Å². The average Bonchev–Trinajstić information content (AvgIpc) is 2.72. The first-order valence-corrected chi connectivity index (χ1v) is 13.4. The molecule has 0 saturated heterocycles. The predicted octanol–water partition coefficient (Wildman–Crippen LogP) is 6.34. The maximum absolute atomic E-state index is 14.0. The Bertz CT molecular complexity index is 995. The van der Waals surface area contributed by atoms with Crippen molar-refractivity contribution in [3.8, 4) is 0 Å². The average molecular weight is 475 g/mol. The summed E-state index contributed by atoms with van der Waals surface area (Å²) >= 11 is 0. The van der Waals surface area contributed by atoms with Gasteiger partial charge in [0.05, 0.1) is 22.9 Å². The van der Waals surface area contributed by atoms with Gasteiger partial charge >= 0.3 is 0 Å². The largest absolute Gasteiger partial charge is 0.392 e. The second kappa shape index (κ2) is 11.6. The van der Waals surface area contributed by atoms with Gasteiger partial charge in [0.15, 0.2) is 9.84 Å². The summed E-state index contributed by atoms with van der Waals surface area (Å²) in [6.45, 7) is 12.4. The van der Waals surface area contributed by atoms with Crippen LogP contribution in [-0.4, -0.2) is 38.6 Å². The van der Waals surface area contributed by atoms with E-state index in [0.717, 1.165) is 41.5 Å². The molecule has 2 rings (SSSR count). The molecule has 1 aromatic rings. The van der Waals surface area contributed by atoms with Crippen LogP contribution >= 0.6 is 0 Å². The van der Waals surface area contributed by atoms with Crippen molar-refractivity contribution >= 4 is 9.84 Å². The number of allylic oxidation sites excluding steroid dienone is 2. The highest BCUT2D eigenvalue weighted by Crippen LogP contribution is 2.46. The molecule has 5 heteroatoms. The summed E-state index contributed by atoms with van der Waals surface area (Å²) in [5.74, 6) is 0. The van der Waals surface area contributed by atoms with Crippen molar-refractivity contribution in [2.24, 2.45) is 5.41 Å². The molecule has 0 radical (unpaired) electrons. The number of hydrogen-bond acceptors (Lipinski definition) is 4. The number of benzene rings is 1. The Hall–Kier alpha value is -1.69. The highest BCUT2D eigenvalue weighted by atomic mass is 32.2. The van der Waals surface area contributed by atoms with Gasteiger partial charge in [-0.3, -0.25) is 0 Å². The van der Waals surface area contributed by atoms with Gasteiger partial charge in [-0.15, -0.1) is 0 Å². The normalized spacial score (nSPS) is 19.5. The third-order valence-corrected chi connectivity index (χ3v) is 8.91. The van der Waals surface area contributed by atoms with Crippen molar-refractivity contribution < 1.29 is 18.3 Å². The van der Waals surface area contributed by atoms with E-state index in [1.807, 2.05) is 39.0 Å². The van der Waals surface area contributed by atoms with E-state index < -0.39 is 15.1 Å². The number of aliphatic hydroxyl groups is 1. The van der Waals surface area contributed by atoms with Crippen LogP contribution in [0.5, 0.6) is 0 Å². The van der Waals surface area contributed by atoms with E-state index in [0.29, 0.717) is 17.7 Å². The minimum Gasteiger partial charge on any atom is -0.392 e. The van der Waals surface area contributed by atoms with Crippen LogP contribution in [-0.2, 0) is 14.6 Å². The van der Waals surface area contributed by atoms with Crippen LogP contribution < -0.4 is 0 Å². The zero-order valence-corrected chi connectivity index (χ0v) is 22.3. The quantitative estimate of drug-likeness (QED) is 0.402. The molecule has 1 N–H and O–H groups in total. The van der Waals surface area contributed by atoms with Crippen molar-refractivity contribution in [2.75, 3.05) is 13.7 Å². The van der Waals surface area contributed by atoms with Gasteiger partial charge in [-0.1, -0.05) is 60.4 Å². The first-order valence-electron chi connectivity index (χ1n) is 11.9. The highest BCUT2D eigenvalue weighted by Gasteiger charge is 2.40. The van der Waals surface area contributed by atoms with E-state index in [9.17, 15) is 8.42 Å². The van der Waals surface area contributed by atoms with Crippen molar-refractivity contribution in [3.05, 3.63) is 64.3 Å². The fourth-order valence-electron chi connectivity index (χ4n) is 5.06. The Labute approximate surface area is 201 Å². The lowest BCUT2D eigenvalue weighted by molar-refractivity contribution is 0.140. The number of ether oxygens (including phenoxy) is 1. The Balaban J connectivity index is 2.51. The van der Waals surface area contributed by atoms with E-state index in [1.165, 1.54) is 5.57 Å². The maximum Gasteiger partial charge on any atom is 0.185 e. The van der Waals surface area contributed by atoms with Crippen LogP contribution in [0, 0.1) is 12.3 Å². The number of aryl methyl sites for hydroxylation is 1. The first kappa shape index (κ1) is 27.6. The molecule has 4 nitrogen and oxygen atoms in total. The molecule has 0 heterocycles. The summed E-state index contributed by atoms with van der Waals surface area (Å²) in [5.41, 5.74) is 5.22. The molecule has 2 atom stereocenters. The molecule has 0 bridgehead atoms. The summed E-state index contributed by atoms with van der Waals surface area (Å²) in [4.78, 5) is 0.387. The van der Waals surface area contributed by atoms with E-state index in [1.54, 1.807) is 25.3 Å². The Morgan fingerprint density at radius 3 is 2.30 bits per heavy atom. The molecule has 0 fully saturated rings. The topological polar surface area (TPSA) is 63.6 Å². The Kier molecular flexibility index (Phi) is 9.71. The highest BCUT2D eigenvalue weighted by molar-refractivity contribution is 7.92. The number of rotatable bonds is 10. The summed E-state index contributed by atoms with van der Waals surface area (Å²) < 4.78 is 33.7. The van der Waals surface area contributed by atoms with Gasteiger partial charge < -0.3 is 9.84 Å². The lowest BCUT2D eigenvalue weighted by Gasteiger charge is -2.39. The number of aliphatic hydroxyl groups excluding tert-OH is 1. The van der Waals surface area contributed by atoms with Crippen LogP contribution in [0.25, 0.3) is 0 Å². The lowest BCUT2D eigenvalue weighted by Crippen LogP contribution is -2.35. The van der Waals surface area contributed by atoms with E-state index >= 15 is 0 Å². The summed E-state index contributed by atoms with van der Waals surface area (Å²) in [7, 11) is -1.91. The van der Waals surface area contributed by atoms with E-state index in [-0.39, 0.29) is 18.1 Å². The molecule has 0 amide bonds. The van der Waals surface area contributed by atoms with Crippen LogP contribution in [0.1, 0.15) is 72.3 Å². The fourth-order valence-corrected chi connectivity index (χ4v) is 7.21.